The highest BCUT2D eigenvalue weighted by molar-refractivity contribution is 6.42. The number of hydrogen-bond donors (Lipinski definition) is 2. The average Bonchev–Trinajstić information content (AvgIpc) is 2.21. The molecule has 18 heavy (non-hydrogen) atoms. The third kappa shape index (κ3) is 4.32. The Kier molecular flexibility index (Phi) is 5.73. The minimum Gasteiger partial charge on any atom is -0.322 e. The Balaban J connectivity index is 2.82. The highest BCUT2D eigenvalue weighted by Crippen LogP contribution is 2.33. The summed E-state index contributed by atoms with van der Waals surface area (Å²) in [6.45, 7) is 3.99. The lowest BCUT2D eigenvalue weighted by molar-refractivity contribution is -0.117. The molecular weight excluding hydrogens is 295 g/mol. The van der Waals surface area contributed by atoms with Crippen LogP contribution in [-0.2, 0) is 4.79 Å². The van der Waals surface area contributed by atoms with Crippen LogP contribution in [0.15, 0.2) is 12.1 Å². The first-order valence-electron chi connectivity index (χ1n) is 5.52. The fourth-order valence-electron chi connectivity index (χ4n) is 1.49. The molecule has 3 nitrogen and oxygen atoms in total. The van der Waals surface area contributed by atoms with Crippen molar-refractivity contribution in [2.45, 2.75) is 26.3 Å². The van der Waals surface area contributed by atoms with E-state index in [1.807, 2.05) is 13.8 Å². The van der Waals surface area contributed by atoms with Gasteiger partial charge in [0.05, 0.1) is 21.8 Å². The fraction of sp³-hybridized carbons (Fsp3) is 0.417. The van der Waals surface area contributed by atoms with Crippen LogP contribution in [0.1, 0.15) is 20.3 Å². The number of nitrogens with one attached hydrogen (secondary N) is 1. The van der Waals surface area contributed by atoms with Gasteiger partial charge >= 0.3 is 0 Å². The summed E-state index contributed by atoms with van der Waals surface area (Å²) >= 11 is 17.7. The van der Waals surface area contributed by atoms with Crippen LogP contribution in [0, 0.1) is 5.92 Å². The highest BCUT2D eigenvalue weighted by atomic mass is 35.5. The number of benzene rings is 1. The van der Waals surface area contributed by atoms with Crippen molar-refractivity contribution in [2.24, 2.45) is 11.7 Å². The second-order valence-electron chi connectivity index (χ2n) is 4.47. The van der Waals surface area contributed by atoms with Gasteiger partial charge in [0, 0.05) is 5.02 Å². The van der Waals surface area contributed by atoms with Crippen molar-refractivity contribution >= 4 is 46.4 Å². The summed E-state index contributed by atoms with van der Waals surface area (Å²) in [4.78, 5) is 11.9. The number of carbonyl (C=O) groups excluding carboxylic acids is 1. The molecule has 3 N–H and O–H groups in total. The van der Waals surface area contributed by atoms with Crippen LogP contribution < -0.4 is 11.1 Å². The predicted octanol–water partition coefficient (Wildman–Crippen LogP) is 3.96. The van der Waals surface area contributed by atoms with Crippen LogP contribution >= 0.6 is 34.8 Å². The van der Waals surface area contributed by atoms with E-state index in [1.165, 1.54) is 12.1 Å². The first-order chi connectivity index (χ1) is 8.31. The molecule has 0 saturated carbocycles. The van der Waals surface area contributed by atoms with E-state index >= 15 is 0 Å². The van der Waals surface area contributed by atoms with E-state index in [1.54, 1.807) is 0 Å². The summed E-state index contributed by atoms with van der Waals surface area (Å²) in [6, 6.07) is 2.43. The van der Waals surface area contributed by atoms with Crippen LogP contribution in [0.5, 0.6) is 0 Å². The first-order valence-corrected chi connectivity index (χ1v) is 6.65. The zero-order valence-corrected chi connectivity index (χ0v) is 12.4. The molecule has 0 aliphatic heterocycles. The Morgan fingerprint density at radius 1 is 1.28 bits per heavy atom. The van der Waals surface area contributed by atoms with Crippen molar-refractivity contribution in [3.63, 3.8) is 0 Å². The summed E-state index contributed by atoms with van der Waals surface area (Å²) in [7, 11) is 0. The molecule has 0 unspecified atom stereocenters. The van der Waals surface area contributed by atoms with Crippen molar-refractivity contribution in [3.05, 3.63) is 27.2 Å². The Bertz CT molecular complexity index is 426. The maximum Gasteiger partial charge on any atom is 0.241 e. The molecule has 0 bridgehead atoms. The van der Waals surface area contributed by atoms with Gasteiger partial charge in [-0.15, -0.1) is 0 Å². The summed E-state index contributed by atoms with van der Waals surface area (Å²) in [5, 5.41) is 3.61. The zero-order valence-electron chi connectivity index (χ0n) is 10.1. The largest absolute Gasteiger partial charge is 0.322 e. The molecule has 1 atom stereocenters. The van der Waals surface area contributed by atoms with Crippen LogP contribution in [0.4, 0.5) is 5.69 Å². The van der Waals surface area contributed by atoms with Gasteiger partial charge in [-0.1, -0.05) is 48.7 Å². The molecule has 0 aromatic heterocycles. The van der Waals surface area contributed by atoms with E-state index in [9.17, 15) is 4.79 Å². The lowest BCUT2D eigenvalue weighted by Crippen LogP contribution is -2.36. The van der Waals surface area contributed by atoms with Gasteiger partial charge in [0.25, 0.3) is 0 Å². The predicted molar refractivity (Wildman–Crippen MR) is 77.5 cm³/mol. The zero-order chi connectivity index (χ0) is 13.9. The Hall–Kier alpha value is -0.480. The molecule has 0 saturated heterocycles. The lowest BCUT2D eigenvalue weighted by atomic mass is 10.0. The molecule has 0 spiro atoms. The molecule has 0 heterocycles. The maximum absolute atomic E-state index is 11.9. The second kappa shape index (κ2) is 6.62. The van der Waals surface area contributed by atoms with Gasteiger partial charge in [-0.05, 0) is 24.5 Å². The Morgan fingerprint density at radius 3 is 2.22 bits per heavy atom. The highest BCUT2D eigenvalue weighted by Gasteiger charge is 2.18. The maximum atomic E-state index is 11.9. The smallest absolute Gasteiger partial charge is 0.241 e. The number of nitrogens with two attached hydrogens (primary N) is 1. The number of rotatable bonds is 4. The molecule has 1 aromatic carbocycles. The van der Waals surface area contributed by atoms with Gasteiger partial charge in [0.15, 0.2) is 0 Å². The normalized spacial score (nSPS) is 12.6. The van der Waals surface area contributed by atoms with Gasteiger partial charge in [-0.3, -0.25) is 4.79 Å². The quantitative estimate of drug-likeness (QED) is 0.884. The van der Waals surface area contributed by atoms with Crippen molar-refractivity contribution in [1.29, 1.82) is 0 Å². The molecule has 100 valence electrons. The number of anilines is 1. The second-order valence-corrected chi connectivity index (χ2v) is 5.72. The number of halogens is 3. The molecule has 0 aliphatic carbocycles. The van der Waals surface area contributed by atoms with Crippen LogP contribution in [0.2, 0.25) is 15.1 Å². The lowest BCUT2D eigenvalue weighted by Gasteiger charge is -2.15. The van der Waals surface area contributed by atoms with E-state index in [4.69, 9.17) is 40.5 Å². The third-order valence-corrected chi connectivity index (χ3v) is 3.13. The van der Waals surface area contributed by atoms with E-state index in [-0.39, 0.29) is 16.0 Å². The molecule has 6 heteroatoms. The summed E-state index contributed by atoms with van der Waals surface area (Å²) in [6.07, 6.45) is 0.592. The average molecular weight is 310 g/mol. The number of amides is 1. The first kappa shape index (κ1) is 15.6. The topological polar surface area (TPSA) is 55.1 Å². The van der Waals surface area contributed by atoms with E-state index in [2.05, 4.69) is 5.32 Å². The minimum atomic E-state index is -0.590. The molecule has 0 radical (unpaired) electrons. The summed E-state index contributed by atoms with van der Waals surface area (Å²) in [5.41, 5.74) is 6.11. The molecule has 1 rings (SSSR count). The van der Waals surface area contributed by atoms with Crippen molar-refractivity contribution in [3.8, 4) is 0 Å². The van der Waals surface area contributed by atoms with Crippen LogP contribution in [0.25, 0.3) is 0 Å². The van der Waals surface area contributed by atoms with Gasteiger partial charge in [-0.25, -0.2) is 0 Å². The van der Waals surface area contributed by atoms with Crippen molar-refractivity contribution < 1.29 is 4.79 Å². The Labute approximate surface area is 122 Å². The molecule has 1 amide bonds. The molecule has 0 fully saturated rings. The van der Waals surface area contributed by atoms with E-state index in [0.717, 1.165) is 0 Å². The fourth-order valence-corrected chi connectivity index (χ4v) is 2.40. The summed E-state index contributed by atoms with van der Waals surface area (Å²) < 4.78 is 0. The van der Waals surface area contributed by atoms with Gasteiger partial charge in [0.1, 0.15) is 0 Å². The number of carbonyl (C=O) groups is 1. The third-order valence-electron chi connectivity index (χ3n) is 2.32. The monoisotopic (exact) mass is 308 g/mol. The molecule has 1 aromatic rings. The van der Waals surface area contributed by atoms with Gasteiger partial charge in [0.2, 0.25) is 5.91 Å². The van der Waals surface area contributed by atoms with Gasteiger partial charge < -0.3 is 11.1 Å². The molecular formula is C12H15Cl3N2O. The van der Waals surface area contributed by atoms with E-state index < -0.39 is 6.04 Å². The van der Waals surface area contributed by atoms with Crippen LogP contribution in [-0.4, -0.2) is 11.9 Å². The molecule has 0 aliphatic rings. The summed E-state index contributed by atoms with van der Waals surface area (Å²) in [5.74, 6) is 0.0248. The standard InChI is InChI=1S/C12H15Cl3N2O/c1-6(2)3-10(16)12(18)17-11-8(14)4-7(13)5-9(11)15/h4-6,10H,3,16H2,1-2H3,(H,17,18)/t10-/m1/s1. The van der Waals surface area contributed by atoms with Gasteiger partial charge in [-0.2, -0.15) is 0 Å². The van der Waals surface area contributed by atoms with Crippen molar-refractivity contribution in [2.75, 3.05) is 5.32 Å². The van der Waals surface area contributed by atoms with E-state index in [0.29, 0.717) is 23.0 Å². The number of hydrogen-bond acceptors (Lipinski definition) is 2. The van der Waals surface area contributed by atoms with Crippen LogP contribution in [0.3, 0.4) is 0 Å². The minimum absolute atomic E-state index is 0.289. The Morgan fingerprint density at radius 2 is 1.78 bits per heavy atom. The van der Waals surface area contributed by atoms with Crippen molar-refractivity contribution in [1.82, 2.24) is 0 Å². The SMILES string of the molecule is CC(C)C[C@@H](N)C(=O)Nc1c(Cl)cc(Cl)cc1Cl.